The number of carbonyl (C=O) groups is 1. The van der Waals surface area contributed by atoms with Crippen LogP contribution < -0.4 is 11.1 Å². The van der Waals surface area contributed by atoms with Crippen LogP contribution in [0.5, 0.6) is 0 Å². The highest BCUT2D eigenvalue weighted by Crippen LogP contribution is 2.18. The summed E-state index contributed by atoms with van der Waals surface area (Å²) < 4.78 is 1.85. The van der Waals surface area contributed by atoms with Crippen LogP contribution >= 0.6 is 38.5 Å². The maximum absolute atomic E-state index is 12.1. The summed E-state index contributed by atoms with van der Waals surface area (Å²) in [6.45, 7) is 2.56. The summed E-state index contributed by atoms with van der Waals surface area (Å²) in [4.78, 5) is 12.1. The van der Waals surface area contributed by atoms with E-state index in [4.69, 9.17) is 5.73 Å². The van der Waals surface area contributed by atoms with E-state index in [1.54, 1.807) is 0 Å². The lowest BCUT2D eigenvalue weighted by Gasteiger charge is -2.16. The summed E-state index contributed by atoms with van der Waals surface area (Å²) in [6, 6.07) is 5.72. The fraction of sp³-hybridized carbons (Fsp3) is 0.417. The highest BCUT2D eigenvalue weighted by Gasteiger charge is 2.14. The van der Waals surface area contributed by atoms with Crippen molar-refractivity contribution in [2.24, 2.45) is 5.73 Å². The van der Waals surface area contributed by atoms with Crippen molar-refractivity contribution in [1.29, 1.82) is 0 Å². The first-order chi connectivity index (χ1) is 8.08. The fourth-order valence-corrected chi connectivity index (χ4v) is 2.47. The average Bonchev–Trinajstić information content (AvgIpc) is 2.31. The number of nitrogens with two attached hydrogens (primary N) is 1. The molecule has 0 aliphatic rings. The predicted octanol–water partition coefficient (Wildman–Crippen LogP) is 2.91. The van der Waals surface area contributed by atoms with Crippen molar-refractivity contribution < 1.29 is 4.79 Å². The van der Waals surface area contributed by atoms with E-state index in [1.807, 2.05) is 18.2 Å². The standard InChI is InChI=1S/C12H16BrIN2O/c1-2-3-9(7-15)16-12(17)10-6-8(13)4-5-11(10)14/h4-6,9H,2-3,7,15H2,1H3,(H,16,17). The third-order valence-electron chi connectivity index (χ3n) is 2.43. The zero-order valence-corrected chi connectivity index (χ0v) is 13.4. The second-order valence-corrected chi connectivity index (χ2v) is 5.90. The van der Waals surface area contributed by atoms with Crippen molar-refractivity contribution in [1.82, 2.24) is 5.32 Å². The van der Waals surface area contributed by atoms with E-state index in [0.717, 1.165) is 20.9 Å². The van der Waals surface area contributed by atoms with Crippen molar-refractivity contribution in [3.05, 3.63) is 31.8 Å². The van der Waals surface area contributed by atoms with Gasteiger partial charge in [-0.25, -0.2) is 0 Å². The molecule has 0 aliphatic carbocycles. The quantitative estimate of drug-likeness (QED) is 0.733. The molecule has 0 heterocycles. The zero-order valence-electron chi connectivity index (χ0n) is 9.67. The summed E-state index contributed by atoms with van der Waals surface area (Å²) in [6.07, 6.45) is 1.92. The van der Waals surface area contributed by atoms with E-state index < -0.39 is 0 Å². The summed E-state index contributed by atoms with van der Waals surface area (Å²) in [5.74, 6) is -0.0559. The molecule has 5 heteroatoms. The molecule has 1 aromatic carbocycles. The molecule has 0 radical (unpaired) electrons. The van der Waals surface area contributed by atoms with Crippen LogP contribution in [-0.4, -0.2) is 18.5 Å². The van der Waals surface area contributed by atoms with Crippen LogP contribution in [0.3, 0.4) is 0 Å². The fourth-order valence-electron chi connectivity index (χ4n) is 1.53. The zero-order chi connectivity index (χ0) is 12.8. The molecule has 0 aromatic heterocycles. The topological polar surface area (TPSA) is 55.1 Å². The molecule has 1 unspecified atom stereocenters. The van der Waals surface area contributed by atoms with Crippen LogP contribution in [-0.2, 0) is 0 Å². The number of hydrogen-bond donors (Lipinski definition) is 2. The van der Waals surface area contributed by atoms with Crippen molar-refractivity contribution in [2.75, 3.05) is 6.54 Å². The van der Waals surface area contributed by atoms with Gasteiger partial charge in [0.05, 0.1) is 5.56 Å². The smallest absolute Gasteiger partial charge is 0.252 e. The van der Waals surface area contributed by atoms with Gasteiger partial charge in [-0.2, -0.15) is 0 Å². The molecule has 3 N–H and O–H groups in total. The molecule has 0 aliphatic heterocycles. The van der Waals surface area contributed by atoms with Gasteiger partial charge in [-0.3, -0.25) is 4.79 Å². The molecule has 1 amide bonds. The SMILES string of the molecule is CCCC(CN)NC(=O)c1cc(Br)ccc1I. The summed E-state index contributed by atoms with van der Waals surface area (Å²) >= 11 is 5.53. The van der Waals surface area contributed by atoms with Crippen molar-refractivity contribution >= 4 is 44.4 Å². The van der Waals surface area contributed by atoms with E-state index in [0.29, 0.717) is 12.1 Å². The molecular formula is C12H16BrIN2O. The lowest BCUT2D eigenvalue weighted by atomic mass is 10.1. The number of nitrogens with one attached hydrogen (secondary N) is 1. The maximum Gasteiger partial charge on any atom is 0.252 e. The first-order valence-corrected chi connectivity index (χ1v) is 7.41. The molecule has 3 nitrogen and oxygen atoms in total. The Balaban J connectivity index is 2.78. The van der Waals surface area contributed by atoms with Crippen LogP contribution in [0.25, 0.3) is 0 Å². The summed E-state index contributed by atoms with van der Waals surface area (Å²) in [5, 5.41) is 2.96. The van der Waals surface area contributed by atoms with Gasteiger partial charge in [0.25, 0.3) is 5.91 Å². The minimum absolute atomic E-state index is 0.0559. The van der Waals surface area contributed by atoms with Crippen molar-refractivity contribution in [2.45, 2.75) is 25.8 Å². The molecule has 0 saturated carbocycles. The Morgan fingerprint density at radius 1 is 1.59 bits per heavy atom. The number of carbonyl (C=O) groups excluding carboxylic acids is 1. The highest BCUT2D eigenvalue weighted by molar-refractivity contribution is 14.1. The number of amides is 1. The maximum atomic E-state index is 12.1. The molecule has 1 rings (SSSR count). The van der Waals surface area contributed by atoms with Gasteiger partial charge < -0.3 is 11.1 Å². The number of halogens is 2. The molecular weight excluding hydrogens is 395 g/mol. The minimum Gasteiger partial charge on any atom is -0.348 e. The highest BCUT2D eigenvalue weighted by atomic mass is 127. The van der Waals surface area contributed by atoms with Crippen LogP contribution in [0.15, 0.2) is 22.7 Å². The molecule has 1 aromatic rings. The molecule has 0 saturated heterocycles. The molecule has 94 valence electrons. The van der Waals surface area contributed by atoms with Crippen molar-refractivity contribution in [3.63, 3.8) is 0 Å². The Morgan fingerprint density at radius 3 is 2.88 bits per heavy atom. The number of benzene rings is 1. The molecule has 0 spiro atoms. The number of rotatable bonds is 5. The Kier molecular flexibility index (Phi) is 6.43. The molecule has 17 heavy (non-hydrogen) atoms. The van der Waals surface area contributed by atoms with E-state index in [-0.39, 0.29) is 11.9 Å². The van der Waals surface area contributed by atoms with E-state index in [1.165, 1.54) is 0 Å². The summed E-state index contributed by atoms with van der Waals surface area (Å²) in [7, 11) is 0. The van der Waals surface area contributed by atoms with Gasteiger partial charge in [-0.05, 0) is 47.2 Å². The molecule has 0 bridgehead atoms. The first-order valence-electron chi connectivity index (χ1n) is 5.54. The third kappa shape index (κ3) is 4.56. The van der Waals surface area contributed by atoms with Crippen LogP contribution in [0.4, 0.5) is 0 Å². The van der Waals surface area contributed by atoms with Gasteiger partial charge >= 0.3 is 0 Å². The van der Waals surface area contributed by atoms with Gasteiger partial charge in [0.15, 0.2) is 0 Å². The van der Waals surface area contributed by atoms with Gasteiger partial charge in [-0.15, -0.1) is 0 Å². The predicted molar refractivity (Wildman–Crippen MR) is 82.1 cm³/mol. The van der Waals surface area contributed by atoms with Crippen LogP contribution in [0.1, 0.15) is 30.1 Å². The second kappa shape index (κ2) is 7.33. The van der Waals surface area contributed by atoms with Gasteiger partial charge in [0.1, 0.15) is 0 Å². The van der Waals surface area contributed by atoms with Gasteiger partial charge in [0, 0.05) is 20.6 Å². The number of hydrogen-bond acceptors (Lipinski definition) is 2. The largest absolute Gasteiger partial charge is 0.348 e. The van der Waals surface area contributed by atoms with Crippen molar-refractivity contribution in [3.8, 4) is 0 Å². The molecule has 0 fully saturated rings. The lowest BCUT2D eigenvalue weighted by molar-refractivity contribution is 0.0935. The minimum atomic E-state index is -0.0559. The second-order valence-electron chi connectivity index (χ2n) is 3.82. The normalized spacial score (nSPS) is 12.2. The van der Waals surface area contributed by atoms with E-state index >= 15 is 0 Å². The van der Waals surface area contributed by atoms with Gasteiger partial charge in [-0.1, -0.05) is 29.3 Å². The molecule has 1 atom stereocenters. The van der Waals surface area contributed by atoms with Crippen LogP contribution in [0, 0.1) is 3.57 Å². The Bertz CT molecular complexity index is 398. The third-order valence-corrected chi connectivity index (χ3v) is 3.86. The first kappa shape index (κ1) is 14.9. The van der Waals surface area contributed by atoms with Gasteiger partial charge in [0.2, 0.25) is 0 Å². The average molecular weight is 411 g/mol. The van der Waals surface area contributed by atoms with Crippen LogP contribution in [0.2, 0.25) is 0 Å². The Morgan fingerprint density at radius 2 is 2.29 bits per heavy atom. The Hall–Kier alpha value is -0.140. The Labute approximate surface area is 124 Å². The summed E-state index contributed by atoms with van der Waals surface area (Å²) in [5.41, 5.74) is 6.32. The van der Waals surface area contributed by atoms with E-state index in [2.05, 4.69) is 50.8 Å². The van der Waals surface area contributed by atoms with E-state index in [9.17, 15) is 4.79 Å². The monoisotopic (exact) mass is 410 g/mol. The lowest BCUT2D eigenvalue weighted by Crippen LogP contribution is -2.40.